The van der Waals surface area contributed by atoms with Crippen LogP contribution in [0.5, 0.6) is 23.0 Å². The number of methoxy groups -OCH3 is 3. The summed E-state index contributed by atoms with van der Waals surface area (Å²) in [7, 11) is 4.92. The largest absolute Gasteiger partial charge is 0.507 e. The summed E-state index contributed by atoms with van der Waals surface area (Å²) in [6, 6.07) is 21.4. The fourth-order valence-corrected chi connectivity index (χ4v) is 5.27. The van der Waals surface area contributed by atoms with Crippen LogP contribution < -0.4 is 14.2 Å². The van der Waals surface area contributed by atoms with E-state index in [-0.39, 0.29) is 5.75 Å². The lowest BCUT2D eigenvalue weighted by molar-refractivity contribution is 0.0174. The van der Waals surface area contributed by atoms with Gasteiger partial charge >= 0.3 is 0 Å². The van der Waals surface area contributed by atoms with Gasteiger partial charge < -0.3 is 24.4 Å². The third kappa shape index (κ3) is 5.09. The summed E-state index contributed by atoms with van der Waals surface area (Å²) in [6.45, 7) is 4.14. The lowest BCUT2D eigenvalue weighted by Crippen LogP contribution is -2.26. The van der Waals surface area contributed by atoms with Crippen molar-refractivity contribution in [1.29, 1.82) is 0 Å². The first-order valence-electron chi connectivity index (χ1n) is 12.8. The van der Waals surface area contributed by atoms with Gasteiger partial charge in [0, 0.05) is 17.0 Å². The minimum Gasteiger partial charge on any atom is -0.507 e. The van der Waals surface area contributed by atoms with Crippen LogP contribution in [0.3, 0.4) is 0 Å². The van der Waals surface area contributed by atoms with E-state index in [1.807, 2.05) is 36.4 Å². The third-order valence-electron chi connectivity index (χ3n) is 7.04. The van der Waals surface area contributed by atoms with Crippen molar-refractivity contribution in [2.75, 3.05) is 21.3 Å². The van der Waals surface area contributed by atoms with Gasteiger partial charge in [-0.2, -0.15) is 0 Å². The Labute approximate surface area is 219 Å². The van der Waals surface area contributed by atoms with Crippen LogP contribution in [0, 0.1) is 0 Å². The summed E-state index contributed by atoms with van der Waals surface area (Å²) in [5.41, 5.74) is 3.50. The first-order chi connectivity index (χ1) is 17.9. The minimum absolute atomic E-state index is 0.154. The number of benzene rings is 4. The number of phenols is 1. The van der Waals surface area contributed by atoms with Crippen molar-refractivity contribution in [1.82, 2.24) is 0 Å². The Morgan fingerprint density at radius 2 is 1.27 bits per heavy atom. The minimum atomic E-state index is -1.06. The standard InChI is InChI=1S/C32H36O5/c1-6-16-32(34,17-7-2)28-20-29(33)26-15-13-23(35-3)18-27(26)31(28)22-10-8-21(9-11-22)25-14-12-24(36-4)19-30(25)37-5/h8-15,18-20,33-34H,6-7,16-17H2,1-5H3. The highest BCUT2D eigenvalue weighted by Gasteiger charge is 2.32. The molecule has 0 amide bonds. The van der Waals surface area contributed by atoms with Crippen LogP contribution in [-0.4, -0.2) is 31.5 Å². The molecule has 2 N–H and O–H groups in total. The molecular formula is C32H36O5. The second-order valence-corrected chi connectivity index (χ2v) is 9.40. The van der Waals surface area contributed by atoms with E-state index in [0.717, 1.165) is 62.9 Å². The number of hydrogen-bond donors (Lipinski definition) is 2. The zero-order chi connectivity index (χ0) is 26.6. The van der Waals surface area contributed by atoms with Crippen LogP contribution in [0.4, 0.5) is 0 Å². The monoisotopic (exact) mass is 500 g/mol. The van der Waals surface area contributed by atoms with Crippen LogP contribution in [0.25, 0.3) is 33.0 Å². The van der Waals surface area contributed by atoms with E-state index < -0.39 is 5.60 Å². The molecule has 4 aromatic rings. The Kier molecular flexibility index (Phi) is 7.94. The Balaban J connectivity index is 1.95. The van der Waals surface area contributed by atoms with Crippen LogP contribution in [0.2, 0.25) is 0 Å². The van der Waals surface area contributed by atoms with Crippen molar-refractivity contribution >= 4 is 10.8 Å². The van der Waals surface area contributed by atoms with E-state index in [0.29, 0.717) is 18.6 Å². The van der Waals surface area contributed by atoms with E-state index >= 15 is 0 Å². The number of ether oxygens (including phenoxy) is 3. The molecule has 0 bridgehead atoms. The molecule has 5 nitrogen and oxygen atoms in total. The topological polar surface area (TPSA) is 68.2 Å². The Bertz CT molecular complexity index is 1370. The highest BCUT2D eigenvalue weighted by molar-refractivity contribution is 6.03. The highest BCUT2D eigenvalue weighted by Crippen LogP contribution is 2.46. The zero-order valence-electron chi connectivity index (χ0n) is 22.3. The maximum atomic E-state index is 11.9. The SMILES string of the molecule is CCCC(O)(CCC)c1cc(O)c2ccc(OC)cc2c1-c1ccc(-c2ccc(OC)cc2OC)cc1. The van der Waals surface area contributed by atoms with Gasteiger partial charge in [-0.15, -0.1) is 0 Å². The second-order valence-electron chi connectivity index (χ2n) is 9.40. The van der Waals surface area contributed by atoms with Gasteiger partial charge in [0.05, 0.1) is 26.9 Å². The third-order valence-corrected chi connectivity index (χ3v) is 7.04. The first kappa shape index (κ1) is 26.4. The number of phenolic OH excluding ortho intramolecular Hbond substituents is 1. The molecule has 5 heteroatoms. The second kappa shape index (κ2) is 11.1. The van der Waals surface area contributed by atoms with Crippen molar-refractivity contribution in [3.8, 4) is 45.3 Å². The molecule has 0 spiro atoms. The molecule has 37 heavy (non-hydrogen) atoms. The molecule has 0 heterocycles. The maximum absolute atomic E-state index is 11.9. The number of fused-ring (bicyclic) bond motifs is 1. The van der Waals surface area contributed by atoms with Crippen LogP contribution in [-0.2, 0) is 5.60 Å². The number of aliphatic hydroxyl groups is 1. The Morgan fingerprint density at radius 3 is 1.86 bits per heavy atom. The van der Waals surface area contributed by atoms with Crippen molar-refractivity contribution in [2.24, 2.45) is 0 Å². The first-order valence-corrected chi connectivity index (χ1v) is 12.8. The van der Waals surface area contributed by atoms with Gasteiger partial charge in [-0.05, 0) is 76.9 Å². The fourth-order valence-electron chi connectivity index (χ4n) is 5.27. The van der Waals surface area contributed by atoms with Crippen molar-refractivity contribution < 1.29 is 24.4 Å². The normalized spacial score (nSPS) is 11.5. The van der Waals surface area contributed by atoms with Gasteiger partial charge in [-0.3, -0.25) is 0 Å². The number of rotatable bonds is 10. The molecule has 0 aliphatic heterocycles. The predicted octanol–water partition coefficient (Wildman–Crippen LogP) is 7.69. The molecule has 0 unspecified atom stereocenters. The summed E-state index contributed by atoms with van der Waals surface area (Å²) < 4.78 is 16.5. The van der Waals surface area contributed by atoms with E-state index in [9.17, 15) is 10.2 Å². The lowest BCUT2D eigenvalue weighted by atomic mass is 9.79. The zero-order valence-corrected chi connectivity index (χ0v) is 22.3. The van der Waals surface area contributed by atoms with Gasteiger partial charge in [0.2, 0.25) is 0 Å². The highest BCUT2D eigenvalue weighted by atomic mass is 16.5. The fraction of sp³-hybridized carbons (Fsp3) is 0.312. The molecular weight excluding hydrogens is 464 g/mol. The van der Waals surface area contributed by atoms with Gasteiger partial charge in [0.1, 0.15) is 23.0 Å². The van der Waals surface area contributed by atoms with Gasteiger partial charge in [0.15, 0.2) is 0 Å². The molecule has 0 aliphatic rings. The maximum Gasteiger partial charge on any atom is 0.130 e. The molecule has 194 valence electrons. The van der Waals surface area contributed by atoms with Crippen molar-refractivity contribution in [3.63, 3.8) is 0 Å². The van der Waals surface area contributed by atoms with Gasteiger partial charge in [0.25, 0.3) is 0 Å². The predicted molar refractivity (Wildman–Crippen MR) is 150 cm³/mol. The molecule has 0 aromatic heterocycles. The average Bonchev–Trinajstić information content (AvgIpc) is 2.92. The smallest absolute Gasteiger partial charge is 0.130 e. The van der Waals surface area contributed by atoms with Crippen LogP contribution >= 0.6 is 0 Å². The quantitative estimate of drug-likeness (QED) is 0.234. The number of aromatic hydroxyl groups is 1. The Morgan fingerprint density at radius 1 is 0.676 bits per heavy atom. The van der Waals surface area contributed by atoms with E-state index in [1.165, 1.54) is 0 Å². The molecule has 0 radical (unpaired) electrons. The van der Waals surface area contributed by atoms with Crippen LogP contribution in [0.1, 0.15) is 45.1 Å². The van der Waals surface area contributed by atoms with Gasteiger partial charge in [-0.25, -0.2) is 0 Å². The van der Waals surface area contributed by atoms with Crippen molar-refractivity contribution in [2.45, 2.75) is 45.1 Å². The van der Waals surface area contributed by atoms with Gasteiger partial charge in [-0.1, -0.05) is 51.0 Å². The summed E-state index contributed by atoms with van der Waals surface area (Å²) in [6.07, 6.45) is 2.85. The molecule has 0 atom stereocenters. The molecule has 4 aromatic carbocycles. The average molecular weight is 501 g/mol. The Hall–Kier alpha value is -3.70. The molecule has 4 rings (SSSR count). The molecule has 0 saturated heterocycles. The molecule has 0 aliphatic carbocycles. The van der Waals surface area contributed by atoms with E-state index in [1.54, 1.807) is 27.4 Å². The van der Waals surface area contributed by atoms with Crippen molar-refractivity contribution in [3.05, 3.63) is 72.3 Å². The van der Waals surface area contributed by atoms with E-state index in [2.05, 4.69) is 38.1 Å². The van der Waals surface area contributed by atoms with Crippen LogP contribution in [0.15, 0.2) is 66.7 Å². The number of hydrogen-bond acceptors (Lipinski definition) is 5. The summed E-state index contributed by atoms with van der Waals surface area (Å²) in [4.78, 5) is 0. The molecule has 0 fully saturated rings. The summed E-state index contributed by atoms with van der Waals surface area (Å²) in [5.74, 6) is 2.31. The summed E-state index contributed by atoms with van der Waals surface area (Å²) >= 11 is 0. The molecule has 0 saturated carbocycles. The summed E-state index contributed by atoms with van der Waals surface area (Å²) in [5, 5.41) is 24.5. The van der Waals surface area contributed by atoms with E-state index in [4.69, 9.17) is 14.2 Å². The lowest BCUT2D eigenvalue weighted by Gasteiger charge is -2.31.